The van der Waals surface area contributed by atoms with Gasteiger partial charge in [-0.3, -0.25) is 10.2 Å². The molecule has 19 heavy (non-hydrogen) atoms. The van der Waals surface area contributed by atoms with E-state index in [4.69, 9.17) is 11.6 Å². The van der Waals surface area contributed by atoms with E-state index in [-0.39, 0.29) is 5.91 Å². The molecule has 2 aromatic rings. The normalized spacial score (nSPS) is 9.74. The average molecular weight is 296 g/mol. The molecule has 1 heterocycles. The van der Waals surface area contributed by atoms with E-state index < -0.39 is 6.03 Å². The molecule has 0 saturated heterocycles. The van der Waals surface area contributed by atoms with Gasteiger partial charge in [0.25, 0.3) is 5.91 Å². The predicted octanol–water partition coefficient (Wildman–Crippen LogP) is 2.87. The third kappa shape index (κ3) is 3.97. The topological polar surface area (TPSA) is 70.2 Å². The quantitative estimate of drug-likeness (QED) is 0.746. The van der Waals surface area contributed by atoms with Gasteiger partial charge in [-0.05, 0) is 35.7 Å². The van der Waals surface area contributed by atoms with Crippen LogP contribution in [0.15, 0.2) is 41.8 Å². The van der Waals surface area contributed by atoms with Crippen LogP contribution in [0, 0.1) is 0 Å². The van der Waals surface area contributed by atoms with Crippen LogP contribution in [0.4, 0.5) is 10.5 Å². The van der Waals surface area contributed by atoms with Gasteiger partial charge in [-0.2, -0.15) is 0 Å². The zero-order valence-corrected chi connectivity index (χ0v) is 11.2. The Labute approximate surface area is 118 Å². The maximum Gasteiger partial charge on any atom is 0.337 e. The van der Waals surface area contributed by atoms with Crippen molar-refractivity contribution in [3.63, 3.8) is 0 Å². The highest BCUT2D eigenvalue weighted by molar-refractivity contribution is 7.12. The lowest BCUT2D eigenvalue weighted by Crippen LogP contribution is -2.43. The summed E-state index contributed by atoms with van der Waals surface area (Å²) in [6.07, 6.45) is 0. The second kappa shape index (κ2) is 6.21. The van der Waals surface area contributed by atoms with E-state index >= 15 is 0 Å². The van der Waals surface area contributed by atoms with Gasteiger partial charge in [0.2, 0.25) is 0 Å². The minimum absolute atomic E-state index is 0.360. The molecule has 0 saturated carbocycles. The number of hydrazine groups is 1. The molecule has 2 rings (SSSR count). The first-order valence-corrected chi connectivity index (χ1v) is 6.57. The fourth-order valence-corrected chi connectivity index (χ4v) is 2.02. The maximum atomic E-state index is 11.5. The molecule has 3 N–H and O–H groups in total. The number of anilines is 1. The SMILES string of the molecule is O=C(NNC(=O)c1cccs1)Nc1ccc(Cl)cc1. The summed E-state index contributed by atoms with van der Waals surface area (Å²) in [6.45, 7) is 0. The molecular weight excluding hydrogens is 286 g/mol. The number of benzene rings is 1. The third-order valence-electron chi connectivity index (χ3n) is 2.14. The van der Waals surface area contributed by atoms with Crippen molar-refractivity contribution in [2.75, 3.05) is 5.32 Å². The highest BCUT2D eigenvalue weighted by Crippen LogP contribution is 2.13. The fraction of sp³-hybridized carbons (Fsp3) is 0. The number of hydrogen-bond acceptors (Lipinski definition) is 3. The summed E-state index contributed by atoms with van der Waals surface area (Å²) in [5.74, 6) is -0.360. The van der Waals surface area contributed by atoms with Crippen molar-refractivity contribution >= 4 is 40.6 Å². The summed E-state index contributed by atoms with van der Waals surface area (Å²) in [4.78, 5) is 23.6. The highest BCUT2D eigenvalue weighted by atomic mass is 35.5. The minimum atomic E-state index is -0.535. The third-order valence-corrected chi connectivity index (χ3v) is 3.26. The molecule has 0 fully saturated rings. The van der Waals surface area contributed by atoms with Gasteiger partial charge >= 0.3 is 6.03 Å². The number of thiophene rings is 1. The van der Waals surface area contributed by atoms with Gasteiger partial charge in [-0.1, -0.05) is 17.7 Å². The Morgan fingerprint density at radius 2 is 1.79 bits per heavy atom. The van der Waals surface area contributed by atoms with Crippen molar-refractivity contribution in [3.8, 4) is 0 Å². The predicted molar refractivity (Wildman–Crippen MR) is 75.4 cm³/mol. The van der Waals surface area contributed by atoms with E-state index in [0.717, 1.165) is 0 Å². The second-order valence-electron chi connectivity index (χ2n) is 3.52. The van der Waals surface area contributed by atoms with Gasteiger partial charge in [-0.25, -0.2) is 10.2 Å². The molecule has 3 amide bonds. The maximum absolute atomic E-state index is 11.5. The van der Waals surface area contributed by atoms with E-state index in [2.05, 4.69) is 16.2 Å². The summed E-state index contributed by atoms with van der Waals surface area (Å²) >= 11 is 7.01. The molecule has 0 bridgehead atoms. The van der Waals surface area contributed by atoms with Gasteiger partial charge in [-0.15, -0.1) is 11.3 Å². The minimum Gasteiger partial charge on any atom is -0.307 e. The molecule has 0 aliphatic rings. The van der Waals surface area contributed by atoms with E-state index in [1.807, 2.05) is 0 Å². The van der Waals surface area contributed by atoms with Crippen LogP contribution in [0.1, 0.15) is 9.67 Å². The first-order chi connectivity index (χ1) is 9.15. The lowest BCUT2D eigenvalue weighted by molar-refractivity contribution is 0.0942. The monoisotopic (exact) mass is 295 g/mol. The van der Waals surface area contributed by atoms with E-state index in [1.54, 1.807) is 41.8 Å². The Morgan fingerprint density at radius 1 is 1.05 bits per heavy atom. The number of hydrogen-bond donors (Lipinski definition) is 3. The van der Waals surface area contributed by atoms with E-state index in [0.29, 0.717) is 15.6 Å². The molecule has 1 aromatic carbocycles. The fourth-order valence-electron chi connectivity index (χ4n) is 1.28. The number of rotatable bonds is 2. The van der Waals surface area contributed by atoms with Crippen molar-refractivity contribution < 1.29 is 9.59 Å². The van der Waals surface area contributed by atoms with Crippen molar-refractivity contribution in [2.45, 2.75) is 0 Å². The van der Waals surface area contributed by atoms with Crippen LogP contribution in [0.25, 0.3) is 0 Å². The van der Waals surface area contributed by atoms with Gasteiger partial charge in [0.15, 0.2) is 0 Å². The number of carbonyl (C=O) groups excluding carboxylic acids is 2. The van der Waals surface area contributed by atoms with Crippen molar-refractivity contribution in [2.24, 2.45) is 0 Å². The Balaban J connectivity index is 1.82. The Bertz CT molecular complexity index is 569. The number of urea groups is 1. The number of carbonyl (C=O) groups is 2. The van der Waals surface area contributed by atoms with Crippen LogP contribution in [0.2, 0.25) is 5.02 Å². The molecule has 98 valence electrons. The highest BCUT2D eigenvalue weighted by Gasteiger charge is 2.07. The number of nitrogens with one attached hydrogen (secondary N) is 3. The molecule has 0 unspecified atom stereocenters. The lowest BCUT2D eigenvalue weighted by atomic mass is 10.3. The zero-order valence-electron chi connectivity index (χ0n) is 9.64. The van der Waals surface area contributed by atoms with Gasteiger partial charge in [0.05, 0.1) is 4.88 Å². The van der Waals surface area contributed by atoms with Crippen molar-refractivity contribution in [1.29, 1.82) is 0 Å². The molecule has 0 atom stereocenters. The summed E-state index contributed by atoms with van der Waals surface area (Å²) in [6, 6.07) is 9.51. The number of halogens is 1. The summed E-state index contributed by atoms with van der Waals surface area (Å²) < 4.78 is 0. The standard InChI is InChI=1S/C12H10ClN3O2S/c13-8-3-5-9(6-4-8)14-12(18)16-15-11(17)10-2-1-7-19-10/h1-7H,(H,15,17)(H2,14,16,18). The van der Waals surface area contributed by atoms with E-state index in [1.165, 1.54) is 11.3 Å². The summed E-state index contributed by atoms with van der Waals surface area (Å²) in [7, 11) is 0. The molecule has 1 aromatic heterocycles. The average Bonchev–Trinajstić information content (AvgIpc) is 2.93. The van der Waals surface area contributed by atoms with Crippen molar-refractivity contribution in [1.82, 2.24) is 10.9 Å². The van der Waals surface area contributed by atoms with Crippen LogP contribution in [0.3, 0.4) is 0 Å². The van der Waals surface area contributed by atoms with Crippen LogP contribution in [-0.4, -0.2) is 11.9 Å². The van der Waals surface area contributed by atoms with Gasteiger partial charge < -0.3 is 5.32 Å². The Hall–Kier alpha value is -2.05. The van der Waals surface area contributed by atoms with E-state index in [9.17, 15) is 9.59 Å². The van der Waals surface area contributed by atoms with Crippen molar-refractivity contribution in [3.05, 3.63) is 51.7 Å². The van der Waals surface area contributed by atoms with Crippen LogP contribution < -0.4 is 16.2 Å². The molecule has 5 nitrogen and oxygen atoms in total. The Kier molecular flexibility index (Phi) is 4.38. The molecule has 0 spiro atoms. The lowest BCUT2D eigenvalue weighted by Gasteiger charge is -2.08. The number of amides is 3. The molecule has 0 radical (unpaired) electrons. The Morgan fingerprint density at radius 3 is 2.42 bits per heavy atom. The molecule has 7 heteroatoms. The van der Waals surface area contributed by atoms with Crippen LogP contribution in [0.5, 0.6) is 0 Å². The largest absolute Gasteiger partial charge is 0.337 e. The molecular formula is C12H10ClN3O2S. The zero-order chi connectivity index (χ0) is 13.7. The molecule has 0 aliphatic carbocycles. The summed E-state index contributed by atoms with van der Waals surface area (Å²) in [5, 5.41) is 4.91. The van der Waals surface area contributed by atoms with Crippen LogP contribution >= 0.6 is 22.9 Å². The smallest absolute Gasteiger partial charge is 0.307 e. The summed E-state index contributed by atoms with van der Waals surface area (Å²) in [5.41, 5.74) is 5.13. The second-order valence-corrected chi connectivity index (χ2v) is 4.90. The first kappa shape index (κ1) is 13.4. The molecule has 0 aliphatic heterocycles. The van der Waals surface area contributed by atoms with Gasteiger partial charge in [0.1, 0.15) is 0 Å². The first-order valence-electron chi connectivity index (χ1n) is 5.31. The van der Waals surface area contributed by atoms with Gasteiger partial charge in [0, 0.05) is 10.7 Å². The van der Waals surface area contributed by atoms with Crippen LogP contribution in [-0.2, 0) is 0 Å².